The van der Waals surface area contributed by atoms with Gasteiger partial charge in [0.2, 0.25) is 5.91 Å². The number of halogens is 4. The number of benzene rings is 2. The molecule has 0 aromatic heterocycles. The van der Waals surface area contributed by atoms with Crippen molar-refractivity contribution in [2.75, 3.05) is 11.9 Å². The number of carbonyl (C=O) groups is 2. The number of hydrogen-bond donors (Lipinski definition) is 1. The molecule has 1 aliphatic rings. The Bertz CT molecular complexity index is 1040. The maximum Gasteiger partial charge on any atom is 0.266 e. The first-order valence-electron chi connectivity index (χ1n) is 8.20. The molecule has 1 fully saturated rings. The number of rotatable bonds is 5. The maximum atomic E-state index is 12.7. The lowest BCUT2D eigenvalue weighted by atomic mass is 10.2. The van der Waals surface area contributed by atoms with Gasteiger partial charge in [-0.25, -0.2) is 0 Å². The zero-order valence-corrected chi connectivity index (χ0v) is 19.2. The van der Waals surface area contributed by atoms with Crippen LogP contribution in [0.2, 0.25) is 20.1 Å². The molecule has 2 amide bonds. The van der Waals surface area contributed by atoms with E-state index in [1.807, 2.05) is 18.2 Å². The Morgan fingerprint density at radius 1 is 1.07 bits per heavy atom. The van der Waals surface area contributed by atoms with Gasteiger partial charge in [-0.15, -0.1) is 0 Å². The van der Waals surface area contributed by atoms with E-state index in [2.05, 4.69) is 5.32 Å². The van der Waals surface area contributed by atoms with E-state index < -0.39 is 0 Å². The van der Waals surface area contributed by atoms with Gasteiger partial charge in [0.15, 0.2) is 0 Å². The Morgan fingerprint density at radius 3 is 2.48 bits per heavy atom. The fraction of sp³-hybridized carbons (Fsp3) is 0.105. The summed E-state index contributed by atoms with van der Waals surface area (Å²) in [6.45, 7) is 0.134. The van der Waals surface area contributed by atoms with Crippen LogP contribution in [0.4, 0.5) is 5.69 Å². The minimum Gasteiger partial charge on any atom is -0.325 e. The Balaban J connectivity index is 1.64. The highest BCUT2D eigenvalue weighted by molar-refractivity contribution is 8.26. The number of amides is 2. The molecule has 0 radical (unpaired) electrons. The summed E-state index contributed by atoms with van der Waals surface area (Å²) in [5, 5.41) is 4.02. The fourth-order valence-electron chi connectivity index (χ4n) is 2.47. The van der Waals surface area contributed by atoms with Crippen molar-refractivity contribution in [1.82, 2.24) is 4.90 Å². The van der Waals surface area contributed by atoms with Crippen LogP contribution in [0, 0.1) is 0 Å². The predicted octanol–water partition coefficient (Wildman–Crippen LogP) is 6.53. The molecular formula is C19H12Cl4N2O2S2. The van der Waals surface area contributed by atoms with E-state index in [9.17, 15) is 9.59 Å². The molecule has 2 aromatic rings. The average Bonchev–Trinajstić information content (AvgIpc) is 2.93. The quantitative estimate of drug-likeness (QED) is 0.285. The summed E-state index contributed by atoms with van der Waals surface area (Å²) in [5.41, 5.74) is 1.07. The van der Waals surface area contributed by atoms with Crippen LogP contribution in [0.25, 0.3) is 6.08 Å². The van der Waals surface area contributed by atoms with E-state index in [1.165, 1.54) is 28.8 Å². The van der Waals surface area contributed by atoms with Crippen LogP contribution in [-0.2, 0) is 9.59 Å². The van der Waals surface area contributed by atoms with Crippen LogP contribution in [0.3, 0.4) is 0 Å². The van der Waals surface area contributed by atoms with Gasteiger partial charge in [0.05, 0.1) is 25.7 Å². The average molecular weight is 506 g/mol. The van der Waals surface area contributed by atoms with Crippen molar-refractivity contribution < 1.29 is 9.59 Å². The van der Waals surface area contributed by atoms with Gasteiger partial charge < -0.3 is 5.32 Å². The van der Waals surface area contributed by atoms with Crippen molar-refractivity contribution in [2.24, 2.45) is 0 Å². The molecule has 1 heterocycles. The summed E-state index contributed by atoms with van der Waals surface area (Å²) in [7, 11) is 0. The third kappa shape index (κ3) is 5.45. The Labute approximate surface area is 197 Å². The molecule has 0 aliphatic carbocycles. The molecule has 0 saturated carbocycles. The van der Waals surface area contributed by atoms with E-state index in [0.717, 1.165) is 5.56 Å². The second-order valence-electron chi connectivity index (χ2n) is 5.90. The van der Waals surface area contributed by atoms with Crippen molar-refractivity contribution in [1.29, 1.82) is 0 Å². The zero-order chi connectivity index (χ0) is 21.1. The lowest BCUT2D eigenvalue weighted by molar-refractivity contribution is -0.122. The van der Waals surface area contributed by atoms with Crippen molar-refractivity contribution >= 4 is 98.3 Å². The van der Waals surface area contributed by atoms with Crippen molar-refractivity contribution in [3.05, 3.63) is 67.0 Å². The van der Waals surface area contributed by atoms with Crippen LogP contribution in [0.1, 0.15) is 12.0 Å². The van der Waals surface area contributed by atoms with E-state index in [-0.39, 0.29) is 39.8 Å². The van der Waals surface area contributed by atoms with Crippen molar-refractivity contribution in [3.63, 3.8) is 0 Å². The van der Waals surface area contributed by atoms with Gasteiger partial charge in [0.25, 0.3) is 5.91 Å². The van der Waals surface area contributed by atoms with Crippen LogP contribution >= 0.6 is 70.4 Å². The van der Waals surface area contributed by atoms with Crippen molar-refractivity contribution in [2.45, 2.75) is 6.42 Å². The standard InChI is InChI=1S/C19H12Cl4N2O2S2/c20-11-4-2-1-3-10(11)7-16-18(27)25(19(28)29-16)6-5-17(26)24-15-9-13(22)12(21)8-14(15)23/h1-4,7-9H,5-6H2,(H,24,26)/b16-7-. The molecule has 0 bridgehead atoms. The van der Waals surface area contributed by atoms with E-state index in [1.54, 1.807) is 12.1 Å². The third-order valence-electron chi connectivity index (χ3n) is 3.91. The second-order valence-corrected chi connectivity index (χ2v) is 9.20. The smallest absolute Gasteiger partial charge is 0.266 e. The van der Waals surface area contributed by atoms with Crippen LogP contribution < -0.4 is 5.32 Å². The van der Waals surface area contributed by atoms with Crippen LogP contribution in [-0.4, -0.2) is 27.6 Å². The number of anilines is 1. The highest BCUT2D eigenvalue weighted by Gasteiger charge is 2.32. The molecule has 150 valence electrons. The number of nitrogens with one attached hydrogen (secondary N) is 1. The van der Waals surface area contributed by atoms with Gasteiger partial charge in [-0.2, -0.15) is 0 Å². The first kappa shape index (κ1) is 22.4. The molecule has 29 heavy (non-hydrogen) atoms. The Hall–Kier alpha value is -1.28. The fourth-order valence-corrected chi connectivity index (χ4v) is 4.55. The first-order chi connectivity index (χ1) is 13.8. The largest absolute Gasteiger partial charge is 0.325 e. The SMILES string of the molecule is O=C(CCN1C(=O)/C(=C/c2ccccc2Cl)SC1=S)Nc1cc(Cl)c(Cl)cc1Cl. The summed E-state index contributed by atoms with van der Waals surface area (Å²) in [4.78, 5) is 26.8. The normalized spacial score (nSPS) is 15.3. The van der Waals surface area contributed by atoms with Gasteiger partial charge in [0, 0.05) is 18.0 Å². The van der Waals surface area contributed by atoms with Gasteiger partial charge in [-0.3, -0.25) is 14.5 Å². The minimum atomic E-state index is -0.338. The first-order valence-corrected chi connectivity index (χ1v) is 10.9. The molecule has 0 unspecified atom stereocenters. The third-order valence-corrected chi connectivity index (χ3v) is 6.67. The molecule has 2 aromatic carbocycles. The van der Waals surface area contributed by atoms with E-state index >= 15 is 0 Å². The van der Waals surface area contributed by atoms with Crippen LogP contribution in [0.15, 0.2) is 41.3 Å². The summed E-state index contributed by atoms with van der Waals surface area (Å²) < 4.78 is 0.383. The van der Waals surface area contributed by atoms with Crippen molar-refractivity contribution in [3.8, 4) is 0 Å². The highest BCUT2D eigenvalue weighted by atomic mass is 35.5. The van der Waals surface area contributed by atoms with E-state index in [0.29, 0.717) is 19.9 Å². The van der Waals surface area contributed by atoms with Crippen LogP contribution in [0.5, 0.6) is 0 Å². The van der Waals surface area contributed by atoms with Gasteiger partial charge in [0.1, 0.15) is 4.32 Å². The Kier molecular flexibility index (Phi) is 7.48. The molecule has 1 saturated heterocycles. The second kappa shape index (κ2) is 9.69. The molecule has 4 nitrogen and oxygen atoms in total. The Morgan fingerprint density at radius 2 is 1.76 bits per heavy atom. The summed E-state index contributed by atoms with van der Waals surface area (Å²) >= 11 is 30.5. The maximum absolute atomic E-state index is 12.7. The topological polar surface area (TPSA) is 49.4 Å². The molecule has 1 aliphatic heterocycles. The van der Waals surface area contributed by atoms with E-state index in [4.69, 9.17) is 58.6 Å². The number of carbonyl (C=O) groups excluding carboxylic acids is 2. The molecule has 1 N–H and O–H groups in total. The summed E-state index contributed by atoms with van der Waals surface area (Å²) in [6.07, 6.45) is 1.72. The molecule has 0 spiro atoms. The van der Waals surface area contributed by atoms with Gasteiger partial charge >= 0.3 is 0 Å². The minimum absolute atomic E-state index is 0.0301. The molecular weight excluding hydrogens is 494 g/mol. The number of thiocarbonyl (C=S) groups is 1. The predicted molar refractivity (Wildman–Crippen MR) is 126 cm³/mol. The number of nitrogens with zero attached hydrogens (tertiary/aromatic N) is 1. The lowest BCUT2D eigenvalue weighted by Crippen LogP contribution is -2.31. The number of hydrogen-bond acceptors (Lipinski definition) is 4. The summed E-state index contributed by atoms with van der Waals surface area (Å²) in [5.74, 6) is -0.602. The molecule has 0 atom stereocenters. The van der Waals surface area contributed by atoms with Gasteiger partial charge in [-0.1, -0.05) is 88.6 Å². The molecule has 3 rings (SSSR count). The highest BCUT2D eigenvalue weighted by Crippen LogP contribution is 2.34. The van der Waals surface area contributed by atoms with Gasteiger partial charge in [-0.05, 0) is 29.8 Å². The number of thioether (sulfide) groups is 1. The molecule has 10 heteroatoms. The lowest BCUT2D eigenvalue weighted by Gasteiger charge is -2.14. The summed E-state index contributed by atoms with van der Waals surface area (Å²) in [6, 6.07) is 10.1. The monoisotopic (exact) mass is 504 g/mol. The zero-order valence-electron chi connectivity index (χ0n) is 14.5.